The number of halogens is 2. The third-order valence-corrected chi connectivity index (χ3v) is 6.45. The van der Waals surface area contributed by atoms with E-state index in [2.05, 4.69) is 41.9 Å². The number of benzene rings is 2. The molecule has 0 radical (unpaired) electrons. The van der Waals surface area contributed by atoms with Crippen LogP contribution in [0, 0.1) is 0 Å². The second-order valence-electron chi connectivity index (χ2n) is 8.05. The molecule has 0 bridgehead atoms. The molecule has 2 heterocycles. The normalized spacial score (nSPS) is 14.3. The van der Waals surface area contributed by atoms with Crippen LogP contribution in [-0.2, 0) is 17.9 Å². The van der Waals surface area contributed by atoms with Gasteiger partial charge in [0.1, 0.15) is 11.6 Å². The number of amides is 1. The standard InChI is InChI=1S/C24H27F2N5O2S/c25-23(26)33-20-11-9-19(10-12-20)27-22(32)17-34-24-29-28-21(16-30-13-5-2-6-14-30)31(24)15-18-7-3-1-4-8-18/h1,3-4,7-12,23H,2,5-6,13-17H2,(H,27,32). The van der Waals surface area contributed by atoms with E-state index in [1.165, 1.54) is 55.3 Å². The SMILES string of the molecule is O=C(CSc1nnc(CN2CCCCC2)n1Cc1ccccc1)Nc1ccc(OC(F)F)cc1. The molecule has 7 nitrogen and oxygen atoms in total. The van der Waals surface area contributed by atoms with Crippen LogP contribution in [0.5, 0.6) is 5.75 Å². The minimum absolute atomic E-state index is 0.0395. The second kappa shape index (κ2) is 11.9. The molecular weight excluding hydrogens is 460 g/mol. The summed E-state index contributed by atoms with van der Waals surface area (Å²) in [5.41, 5.74) is 1.64. The van der Waals surface area contributed by atoms with Gasteiger partial charge in [0.25, 0.3) is 0 Å². The van der Waals surface area contributed by atoms with Crippen molar-refractivity contribution < 1.29 is 18.3 Å². The van der Waals surface area contributed by atoms with E-state index in [1.807, 2.05) is 18.2 Å². The zero-order chi connectivity index (χ0) is 23.8. The molecule has 34 heavy (non-hydrogen) atoms. The lowest BCUT2D eigenvalue weighted by Crippen LogP contribution is -2.30. The number of aromatic nitrogens is 3. The van der Waals surface area contributed by atoms with Gasteiger partial charge in [-0.25, -0.2) is 0 Å². The molecule has 1 aliphatic rings. The number of anilines is 1. The monoisotopic (exact) mass is 487 g/mol. The number of likely N-dealkylation sites (tertiary alicyclic amines) is 1. The number of nitrogens with zero attached hydrogens (tertiary/aromatic N) is 4. The van der Waals surface area contributed by atoms with E-state index >= 15 is 0 Å². The Morgan fingerprint density at radius 1 is 1.00 bits per heavy atom. The van der Waals surface area contributed by atoms with Gasteiger partial charge in [0.2, 0.25) is 5.91 Å². The number of thioether (sulfide) groups is 1. The molecule has 1 saturated heterocycles. The van der Waals surface area contributed by atoms with E-state index in [4.69, 9.17) is 0 Å². The Hall–Kier alpha value is -2.98. The molecule has 0 spiro atoms. The molecule has 1 N–H and O–H groups in total. The highest BCUT2D eigenvalue weighted by molar-refractivity contribution is 7.99. The van der Waals surface area contributed by atoms with Crippen LogP contribution in [-0.4, -0.2) is 51.0 Å². The molecule has 1 fully saturated rings. The van der Waals surface area contributed by atoms with Gasteiger partial charge in [0.05, 0.1) is 18.8 Å². The summed E-state index contributed by atoms with van der Waals surface area (Å²) >= 11 is 1.32. The van der Waals surface area contributed by atoms with Crippen LogP contribution < -0.4 is 10.1 Å². The van der Waals surface area contributed by atoms with Crippen molar-refractivity contribution in [3.8, 4) is 5.75 Å². The van der Waals surface area contributed by atoms with Crippen LogP contribution in [0.25, 0.3) is 0 Å². The molecule has 0 unspecified atom stereocenters. The quantitative estimate of drug-likeness (QED) is 0.420. The lowest BCUT2D eigenvalue weighted by molar-refractivity contribution is -0.113. The van der Waals surface area contributed by atoms with Crippen molar-refractivity contribution in [2.75, 3.05) is 24.2 Å². The fraction of sp³-hybridized carbons (Fsp3) is 0.375. The first-order chi connectivity index (χ1) is 16.6. The topological polar surface area (TPSA) is 72.3 Å². The average molecular weight is 488 g/mol. The number of rotatable bonds is 10. The average Bonchev–Trinajstić information content (AvgIpc) is 3.21. The Morgan fingerprint density at radius 2 is 1.74 bits per heavy atom. The van der Waals surface area contributed by atoms with Gasteiger partial charge in [-0.2, -0.15) is 8.78 Å². The smallest absolute Gasteiger partial charge is 0.387 e. The lowest BCUT2D eigenvalue weighted by Gasteiger charge is -2.26. The van der Waals surface area contributed by atoms with Crippen LogP contribution >= 0.6 is 11.8 Å². The van der Waals surface area contributed by atoms with E-state index in [-0.39, 0.29) is 17.4 Å². The maximum atomic E-state index is 12.5. The maximum Gasteiger partial charge on any atom is 0.387 e. The summed E-state index contributed by atoms with van der Waals surface area (Å²) in [4.78, 5) is 14.9. The van der Waals surface area contributed by atoms with E-state index in [1.54, 1.807) is 0 Å². The summed E-state index contributed by atoms with van der Waals surface area (Å²) in [5, 5.41) is 12.3. The molecule has 0 saturated carbocycles. The number of ether oxygens (including phenoxy) is 1. The van der Waals surface area contributed by atoms with Gasteiger partial charge in [-0.3, -0.25) is 9.69 Å². The highest BCUT2D eigenvalue weighted by Crippen LogP contribution is 2.22. The first-order valence-electron chi connectivity index (χ1n) is 11.2. The first kappa shape index (κ1) is 24.2. The van der Waals surface area contributed by atoms with Crippen molar-refractivity contribution >= 4 is 23.4 Å². The van der Waals surface area contributed by atoms with Gasteiger partial charge in [0, 0.05) is 5.69 Å². The second-order valence-corrected chi connectivity index (χ2v) is 8.99. The first-order valence-corrected chi connectivity index (χ1v) is 12.2. The molecule has 3 aromatic rings. The number of carbonyl (C=O) groups excluding carboxylic acids is 1. The Labute approximate surface area is 201 Å². The predicted octanol–water partition coefficient (Wildman–Crippen LogP) is 4.64. The summed E-state index contributed by atoms with van der Waals surface area (Å²) in [7, 11) is 0. The summed E-state index contributed by atoms with van der Waals surface area (Å²) in [5.74, 6) is 0.853. The molecule has 2 aromatic carbocycles. The number of hydrogen-bond acceptors (Lipinski definition) is 6. The van der Waals surface area contributed by atoms with Crippen molar-refractivity contribution in [2.45, 2.75) is 44.1 Å². The Bertz CT molecular complexity index is 1060. The van der Waals surface area contributed by atoms with Gasteiger partial charge in [-0.1, -0.05) is 48.5 Å². The van der Waals surface area contributed by atoms with E-state index < -0.39 is 6.61 Å². The van der Waals surface area contributed by atoms with Crippen LogP contribution in [0.4, 0.5) is 14.5 Å². The third-order valence-electron chi connectivity index (χ3n) is 5.49. The Kier molecular flexibility index (Phi) is 8.48. The van der Waals surface area contributed by atoms with Crippen LogP contribution in [0.1, 0.15) is 30.7 Å². The highest BCUT2D eigenvalue weighted by Gasteiger charge is 2.19. The molecule has 0 atom stereocenters. The van der Waals surface area contributed by atoms with Crippen LogP contribution in [0.2, 0.25) is 0 Å². The molecule has 1 aliphatic heterocycles. The van der Waals surface area contributed by atoms with E-state index in [9.17, 15) is 13.6 Å². The molecular formula is C24H27F2N5O2S. The molecule has 0 aliphatic carbocycles. The summed E-state index contributed by atoms with van der Waals surface area (Å²) in [6, 6.07) is 15.9. The lowest BCUT2D eigenvalue weighted by atomic mass is 10.1. The highest BCUT2D eigenvalue weighted by atomic mass is 32.2. The Balaban J connectivity index is 1.40. The fourth-order valence-electron chi connectivity index (χ4n) is 3.83. The fourth-order valence-corrected chi connectivity index (χ4v) is 4.59. The van der Waals surface area contributed by atoms with E-state index in [0.717, 1.165) is 31.0 Å². The number of carbonyl (C=O) groups is 1. The molecule has 1 aromatic heterocycles. The van der Waals surface area contributed by atoms with Gasteiger partial charge in [-0.15, -0.1) is 10.2 Å². The van der Waals surface area contributed by atoms with Crippen molar-refractivity contribution in [1.29, 1.82) is 0 Å². The van der Waals surface area contributed by atoms with E-state index in [0.29, 0.717) is 17.4 Å². The van der Waals surface area contributed by atoms with Gasteiger partial charge in [0.15, 0.2) is 5.16 Å². The summed E-state index contributed by atoms with van der Waals surface area (Å²) in [6.45, 7) is 0.602. The summed E-state index contributed by atoms with van der Waals surface area (Å²) in [6.07, 6.45) is 3.67. The van der Waals surface area contributed by atoms with Gasteiger partial charge in [-0.05, 0) is 55.8 Å². The van der Waals surface area contributed by atoms with Gasteiger partial charge < -0.3 is 14.6 Å². The Morgan fingerprint density at radius 3 is 2.44 bits per heavy atom. The molecule has 4 rings (SSSR count). The van der Waals surface area contributed by atoms with Crippen molar-refractivity contribution in [3.63, 3.8) is 0 Å². The largest absolute Gasteiger partial charge is 0.435 e. The molecule has 180 valence electrons. The number of alkyl halides is 2. The molecule has 10 heteroatoms. The molecule has 1 amide bonds. The zero-order valence-electron chi connectivity index (χ0n) is 18.7. The predicted molar refractivity (Wildman–Crippen MR) is 127 cm³/mol. The van der Waals surface area contributed by atoms with Crippen LogP contribution in [0.15, 0.2) is 59.8 Å². The van der Waals surface area contributed by atoms with Crippen molar-refractivity contribution in [3.05, 3.63) is 66.0 Å². The van der Waals surface area contributed by atoms with Crippen LogP contribution in [0.3, 0.4) is 0 Å². The number of piperidine rings is 1. The number of hydrogen-bond donors (Lipinski definition) is 1. The summed E-state index contributed by atoms with van der Waals surface area (Å²) < 4.78 is 31.0. The van der Waals surface area contributed by atoms with Crippen molar-refractivity contribution in [2.24, 2.45) is 0 Å². The number of nitrogens with one attached hydrogen (secondary N) is 1. The van der Waals surface area contributed by atoms with Crippen molar-refractivity contribution in [1.82, 2.24) is 19.7 Å². The van der Waals surface area contributed by atoms with Gasteiger partial charge >= 0.3 is 6.61 Å². The maximum absolute atomic E-state index is 12.5. The third kappa shape index (κ3) is 7.01. The zero-order valence-corrected chi connectivity index (χ0v) is 19.5. The minimum atomic E-state index is -2.88. The minimum Gasteiger partial charge on any atom is -0.435 e.